The molecule has 6 nitrogen and oxygen atoms in total. The first-order valence-electron chi connectivity index (χ1n) is 7.82. The number of halogens is 4. The zero-order valence-corrected chi connectivity index (χ0v) is 15.4. The molecule has 0 aliphatic rings. The van der Waals surface area contributed by atoms with E-state index < -0.39 is 17.8 Å². The van der Waals surface area contributed by atoms with Crippen LogP contribution in [0.2, 0.25) is 5.02 Å². The van der Waals surface area contributed by atoms with Gasteiger partial charge in [0, 0.05) is 18.8 Å². The molecule has 2 aromatic heterocycles. The molecular formula is C17H15ClF3N5O. The molecule has 1 N–H and O–H groups in total. The largest absolute Gasteiger partial charge is 0.435 e. The molecule has 1 amide bonds. The van der Waals surface area contributed by atoms with Crippen molar-refractivity contribution in [1.29, 1.82) is 0 Å². The fraction of sp³-hybridized carbons (Fsp3) is 0.235. The maximum Gasteiger partial charge on any atom is 0.435 e. The molecule has 142 valence electrons. The molecule has 27 heavy (non-hydrogen) atoms. The number of rotatable bonds is 3. The summed E-state index contributed by atoms with van der Waals surface area (Å²) in [6, 6.07) is 7.39. The van der Waals surface area contributed by atoms with E-state index in [4.69, 9.17) is 11.6 Å². The minimum absolute atomic E-state index is 0.197. The van der Waals surface area contributed by atoms with E-state index in [0.29, 0.717) is 22.5 Å². The molecule has 0 atom stereocenters. The number of benzene rings is 1. The molecule has 0 spiro atoms. The van der Waals surface area contributed by atoms with Crippen LogP contribution in [0.15, 0.2) is 30.3 Å². The highest BCUT2D eigenvalue weighted by molar-refractivity contribution is 6.31. The predicted octanol–water partition coefficient (Wildman–Crippen LogP) is 4.15. The average Bonchev–Trinajstić information content (AvgIpc) is 3.11. The fourth-order valence-corrected chi connectivity index (χ4v) is 2.69. The van der Waals surface area contributed by atoms with Gasteiger partial charge in [-0.1, -0.05) is 11.6 Å². The third-order valence-corrected chi connectivity index (χ3v) is 4.52. The van der Waals surface area contributed by atoms with E-state index in [2.05, 4.69) is 15.5 Å². The number of hydrogen-bond acceptors (Lipinski definition) is 3. The number of nitrogens with zero attached hydrogens (tertiary/aromatic N) is 4. The molecule has 3 rings (SSSR count). The highest BCUT2D eigenvalue weighted by Gasteiger charge is 2.35. The topological polar surface area (TPSA) is 64.7 Å². The van der Waals surface area contributed by atoms with Crippen LogP contribution in [0.4, 0.5) is 18.9 Å². The van der Waals surface area contributed by atoms with Crippen LogP contribution >= 0.6 is 11.6 Å². The second kappa shape index (κ2) is 6.73. The molecule has 10 heteroatoms. The van der Waals surface area contributed by atoms with E-state index in [-0.39, 0.29) is 5.69 Å². The molecule has 0 fully saturated rings. The molecule has 0 aliphatic carbocycles. The van der Waals surface area contributed by atoms with Gasteiger partial charge in [-0.3, -0.25) is 9.48 Å². The van der Waals surface area contributed by atoms with Gasteiger partial charge in [0.2, 0.25) is 0 Å². The lowest BCUT2D eigenvalue weighted by molar-refractivity contribution is -0.141. The Labute approximate surface area is 157 Å². The minimum atomic E-state index is -4.61. The Morgan fingerprint density at radius 1 is 1.15 bits per heavy atom. The molecule has 0 aliphatic heterocycles. The Morgan fingerprint density at radius 2 is 1.78 bits per heavy atom. The van der Waals surface area contributed by atoms with Crippen LogP contribution in [0, 0.1) is 13.8 Å². The van der Waals surface area contributed by atoms with Crippen molar-refractivity contribution in [3.8, 4) is 5.69 Å². The summed E-state index contributed by atoms with van der Waals surface area (Å²) in [7, 11) is 1.28. The number of hydrogen-bond donors (Lipinski definition) is 1. The molecular weight excluding hydrogens is 383 g/mol. The van der Waals surface area contributed by atoms with E-state index in [1.54, 1.807) is 35.9 Å². The van der Waals surface area contributed by atoms with Crippen molar-refractivity contribution in [3.05, 3.63) is 58.1 Å². The quantitative estimate of drug-likeness (QED) is 0.722. The summed E-state index contributed by atoms with van der Waals surface area (Å²) < 4.78 is 40.7. The summed E-state index contributed by atoms with van der Waals surface area (Å²) in [5.74, 6) is -0.692. The van der Waals surface area contributed by atoms with Crippen molar-refractivity contribution in [3.63, 3.8) is 0 Å². The zero-order chi connectivity index (χ0) is 19.9. The Balaban J connectivity index is 1.80. The molecule has 0 bridgehead atoms. The number of anilines is 1. The van der Waals surface area contributed by atoms with Crippen LogP contribution in [0.25, 0.3) is 5.69 Å². The zero-order valence-electron chi connectivity index (χ0n) is 14.6. The summed E-state index contributed by atoms with van der Waals surface area (Å²) in [5, 5.41) is 10.8. The molecule has 0 radical (unpaired) electrons. The third-order valence-electron chi connectivity index (χ3n) is 3.98. The van der Waals surface area contributed by atoms with Crippen molar-refractivity contribution in [2.45, 2.75) is 20.0 Å². The van der Waals surface area contributed by atoms with Gasteiger partial charge in [-0.2, -0.15) is 23.4 Å². The van der Waals surface area contributed by atoms with Gasteiger partial charge in [-0.05, 0) is 38.1 Å². The van der Waals surface area contributed by atoms with E-state index >= 15 is 0 Å². The lowest BCUT2D eigenvalue weighted by Crippen LogP contribution is -2.16. The van der Waals surface area contributed by atoms with Crippen molar-refractivity contribution in [2.75, 3.05) is 5.32 Å². The second-order valence-corrected chi connectivity index (χ2v) is 6.31. The highest BCUT2D eigenvalue weighted by Crippen LogP contribution is 2.28. The SMILES string of the molecule is Cc1nn(-c2ccc(NC(=O)c3cc(C(F)(F)F)nn3C)cc2)c(C)c1Cl. The number of alkyl halides is 3. The average molecular weight is 398 g/mol. The molecule has 0 saturated carbocycles. The van der Waals surface area contributed by atoms with Crippen molar-refractivity contribution >= 4 is 23.2 Å². The first kappa shape index (κ1) is 19.0. The lowest BCUT2D eigenvalue weighted by atomic mass is 10.2. The van der Waals surface area contributed by atoms with Gasteiger partial charge in [0.1, 0.15) is 5.69 Å². The third kappa shape index (κ3) is 3.68. The summed E-state index contributed by atoms with van der Waals surface area (Å²) in [5.41, 5.74) is 1.32. The van der Waals surface area contributed by atoms with Gasteiger partial charge in [-0.25, -0.2) is 4.68 Å². The molecule has 0 unspecified atom stereocenters. The standard InChI is InChI=1S/C17H15ClF3N5O/c1-9-15(18)10(2)26(23-9)12-6-4-11(5-7-12)22-16(27)13-8-14(17(19,20)21)24-25(13)3/h4-8H,1-3H3,(H,22,27). The van der Waals surface area contributed by atoms with Crippen molar-refractivity contribution in [1.82, 2.24) is 19.6 Å². The van der Waals surface area contributed by atoms with Gasteiger partial charge in [0.15, 0.2) is 5.69 Å². The molecule has 1 aromatic carbocycles. The van der Waals surface area contributed by atoms with Gasteiger partial charge in [0.05, 0.1) is 22.1 Å². The number of carbonyl (C=O) groups is 1. The predicted molar refractivity (Wildman–Crippen MR) is 94.2 cm³/mol. The normalized spacial score (nSPS) is 11.7. The fourth-order valence-electron chi connectivity index (χ4n) is 2.57. The number of aryl methyl sites for hydroxylation is 2. The maximum absolute atomic E-state index is 12.7. The van der Waals surface area contributed by atoms with Crippen LogP contribution in [-0.4, -0.2) is 25.5 Å². The Kier molecular flexibility index (Phi) is 4.73. The van der Waals surface area contributed by atoms with E-state index in [0.717, 1.165) is 16.1 Å². The van der Waals surface area contributed by atoms with E-state index in [1.165, 1.54) is 7.05 Å². The van der Waals surface area contributed by atoms with Crippen LogP contribution in [0.3, 0.4) is 0 Å². The van der Waals surface area contributed by atoms with Gasteiger partial charge >= 0.3 is 6.18 Å². The molecule has 3 aromatic rings. The minimum Gasteiger partial charge on any atom is -0.321 e. The Hall–Kier alpha value is -2.81. The van der Waals surface area contributed by atoms with E-state index in [1.807, 2.05) is 6.92 Å². The first-order chi connectivity index (χ1) is 12.6. The number of amides is 1. The first-order valence-corrected chi connectivity index (χ1v) is 8.20. The summed E-state index contributed by atoms with van der Waals surface area (Å²) in [6.45, 7) is 3.63. The summed E-state index contributed by atoms with van der Waals surface area (Å²) in [6.07, 6.45) is -4.61. The smallest absolute Gasteiger partial charge is 0.321 e. The van der Waals surface area contributed by atoms with Crippen molar-refractivity contribution in [2.24, 2.45) is 7.05 Å². The maximum atomic E-state index is 12.7. The van der Waals surface area contributed by atoms with Crippen LogP contribution in [-0.2, 0) is 13.2 Å². The van der Waals surface area contributed by atoms with Crippen LogP contribution in [0.1, 0.15) is 27.6 Å². The van der Waals surface area contributed by atoms with Crippen LogP contribution < -0.4 is 5.32 Å². The van der Waals surface area contributed by atoms with Crippen LogP contribution in [0.5, 0.6) is 0 Å². The summed E-state index contributed by atoms with van der Waals surface area (Å²) in [4.78, 5) is 12.3. The Morgan fingerprint density at radius 3 is 2.26 bits per heavy atom. The molecule has 2 heterocycles. The number of aromatic nitrogens is 4. The highest BCUT2D eigenvalue weighted by atomic mass is 35.5. The second-order valence-electron chi connectivity index (χ2n) is 5.93. The Bertz CT molecular complexity index is 1000. The van der Waals surface area contributed by atoms with Gasteiger partial charge in [0.25, 0.3) is 5.91 Å². The van der Waals surface area contributed by atoms with Gasteiger partial charge < -0.3 is 5.32 Å². The lowest BCUT2D eigenvalue weighted by Gasteiger charge is -2.08. The van der Waals surface area contributed by atoms with Crippen molar-refractivity contribution < 1.29 is 18.0 Å². The monoisotopic (exact) mass is 397 g/mol. The van der Waals surface area contributed by atoms with E-state index in [9.17, 15) is 18.0 Å². The van der Waals surface area contributed by atoms with Gasteiger partial charge in [-0.15, -0.1) is 0 Å². The number of carbonyl (C=O) groups excluding carboxylic acids is 1. The molecule has 0 saturated heterocycles. The number of nitrogens with one attached hydrogen (secondary N) is 1. The summed E-state index contributed by atoms with van der Waals surface area (Å²) >= 11 is 6.14.